The Hall–Kier alpha value is -3.65. The van der Waals surface area contributed by atoms with E-state index in [0.717, 1.165) is 28.7 Å². The van der Waals surface area contributed by atoms with Crippen molar-refractivity contribution in [2.75, 3.05) is 10.8 Å². The van der Waals surface area contributed by atoms with Crippen LogP contribution in [0.3, 0.4) is 0 Å². The highest BCUT2D eigenvalue weighted by Gasteiger charge is 2.34. The van der Waals surface area contributed by atoms with Gasteiger partial charge in [-0.2, -0.15) is 0 Å². The van der Waals surface area contributed by atoms with Crippen molar-refractivity contribution in [1.82, 2.24) is 10.2 Å². The van der Waals surface area contributed by atoms with E-state index < -0.39 is 28.5 Å². The second kappa shape index (κ2) is 14.3. The average molecular weight is 578 g/mol. The number of aryl methyl sites for hydroxylation is 3. The fourth-order valence-corrected chi connectivity index (χ4v) is 6.11. The third kappa shape index (κ3) is 7.97. The zero-order valence-corrected chi connectivity index (χ0v) is 25.9. The van der Waals surface area contributed by atoms with Gasteiger partial charge < -0.3 is 10.2 Å². The monoisotopic (exact) mass is 577 g/mol. The maximum atomic E-state index is 14.2. The van der Waals surface area contributed by atoms with Gasteiger partial charge >= 0.3 is 0 Å². The Morgan fingerprint density at radius 3 is 1.98 bits per heavy atom. The maximum absolute atomic E-state index is 14.2. The van der Waals surface area contributed by atoms with Crippen LogP contribution in [0.4, 0.5) is 5.69 Å². The number of nitrogens with zero attached hydrogens (tertiary/aromatic N) is 2. The zero-order chi connectivity index (χ0) is 30.2. The number of carbonyl (C=O) groups excluding carboxylic acids is 2. The molecule has 7 nitrogen and oxygen atoms in total. The van der Waals surface area contributed by atoms with Gasteiger partial charge in [0.25, 0.3) is 10.0 Å². The van der Waals surface area contributed by atoms with Crippen LogP contribution in [-0.4, -0.2) is 43.8 Å². The molecule has 1 N–H and O–H groups in total. The van der Waals surface area contributed by atoms with E-state index in [1.165, 1.54) is 9.21 Å². The van der Waals surface area contributed by atoms with Crippen LogP contribution in [0, 0.1) is 13.8 Å². The second-order valence-electron chi connectivity index (χ2n) is 10.6. The second-order valence-corrected chi connectivity index (χ2v) is 12.4. The van der Waals surface area contributed by atoms with Gasteiger partial charge in [0, 0.05) is 12.6 Å². The smallest absolute Gasteiger partial charge is 0.264 e. The topological polar surface area (TPSA) is 86.8 Å². The molecule has 8 heteroatoms. The van der Waals surface area contributed by atoms with Crippen LogP contribution in [-0.2, 0) is 32.6 Å². The largest absolute Gasteiger partial charge is 0.352 e. The van der Waals surface area contributed by atoms with Crippen LogP contribution >= 0.6 is 0 Å². The number of nitrogens with one attached hydrogen (secondary N) is 1. The summed E-state index contributed by atoms with van der Waals surface area (Å²) >= 11 is 0. The highest BCUT2D eigenvalue weighted by molar-refractivity contribution is 7.92. The van der Waals surface area contributed by atoms with Gasteiger partial charge in [0.15, 0.2) is 0 Å². The Labute approximate surface area is 245 Å². The summed E-state index contributed by atoms with van der Waals surface area (Å²) in [7, 11) is -4.10. The van der Waals surface area contributed by atoms with E-state index in [9.17, 15) is 18.0 Å². The lowest BCUT2D eigenvalue weighted by molar-refractivity contribution is -0.140. The number of hydrogen-bond acceptors (Lipinski definition) is 4. The Bertz CT molecular complexity index is 1420. The molecule has 0 fully saturated rings. The molecule has 0 heterocycles. The summed E-state index contributed by atoms with van der Waals surface area (Å²) in [5, 5.41) is 3.01. The summed E-state index contributed by atoms with van der Waals surface area (Å²) in [5.74, 6) is -0.692. The average Bonchev–Trinajstić information content (AvgIpc) is 2.96. The molecule has 0 bridgehead atoms. The molecule has 0 aromatic heterocycles. The van der Waals surface area contributed by atoms with E-state index in [-0.39, 0.29) is 23.4 Å². The molecule has 3 aromatic rings. The number of anilines is 1. The van der Waals surface area contributed by atoms with Gasteiger partial charge in [-0.3, -0.25) is 13.9 Å². The van der Waals surface area contributed by atoms with Gasteiger partial charge in [0.2, 0.25) is 11.8 Å². The molecule has 3 rings (SSSR count). The van der Waals surface area contributed by atoms with Crippen molar-refractivity contribution in [2.45, 2.75) is 84.3 Å². The van der Waals surface area contributed by atoms with Crippen LogP contribution in [0.15, 0.2) is 77.7 Å². The fraction of sp³-hybridized carbons (Fsp3) is 0.394. The molecule has 0 saturated carbocycles. The first-order valence-electron chi connectivity index (χ1n) is 14.3. The molecule has 0 radical (unpaired) electrons. The lowest BCUT2D eigenvalue weighted by Crippen LogP contribution is -2.53. The first kappa shape index (κ1) is 31.9. The molecular weight excluding hydrogens is 534 g/mol. The Kier molecular flexibility index (Phi) is 11.1. The van der Waals surface area contributed by atoms with Crippen molar-refractivity contribution < 1.29 is 18.0 Å². The van der Waals surface area contributed by atoms with Gasteiger partial charge in [0.1, 0.15) is 12.6 Å². The van der Waals surface area contributed by atoms with Crippen LogP contribution in [0.2, 0.25) is 0 Å². The Balaban J connectivity index is 2.09. The van der Waals surface area contributed by atoms with Crippen molar-refractivity contribution in [2.24, 2.45) is 0 Å². The SMILES string of the molecule is CCc1ccccc1N(CC(=O)N(Cc1ccc(C)cc1)[C@@H](CC)C(=O)N[C@H](C)CC)S(=O)(=O)c1ccc(C)cc1. The number of amides is 2. The molecule has 2 amide bonds. The summed E-state index contributed by atoms with van der Waals surface area (Å²) in [6.45, 7) is 11.3. The van der Waals surface area contributed by atoms with Crippen LogP contribution in [0.1, 0.15) is 62.8 Å². The Morgan fingerprint density at radius 1 is 0.829 bits per heavy atom. The van der Waals surface area contributed by atoms with Crippen molar-refractivity contribution in [3.63, 3.8) is 0 Å². The predicted molar refractivity (Wildman–Crippen MR) is 165 cm³/mol. The highest BCUT2D eigenvalue weighted by atomic mass is 32.2. The molecule has 2 atom stereocenters. The molecule has 0 aliphatic heterocycles. The molecule has 3 aromatic carbocycles. The van der Waals surface area contributed by atoms with Gasteiger partial charge in [-0.25, -0.2) is 8.42 Å². The predicted octanol–water partition coefficient (Wildman–Crippen LogP) is 5.78. The van der Waals surface area contributed by atoms with Crippen LogP contribution < -0.4 is 9.62 Å². The van der Waals surface area contributed by atoms with E-state index in [4.69, 9.17) is 0 Å². The van der Waals surface area contributed by atoms with Gasteiger partial charge in [-0.15, -0.1) is 0 Å². The Morgan fingerprint density at radius 2 is 1.41 bits per heavy atom. The van der Waals surface area contributed by atoms with Crippen molar-refractivity contribution in [3.8, 4) is 0 Å². The van der Waals surface area contributed by atoms with Gasteiger partial charge in [0.05, 0.1) is 10.6 Å². The number of carbonyl (C=O) groups is 2. The number of sulfonamides is 1. The van der Waals surface area contributed by atoms with E-state index in [0.29, 0.717) is 18.5 Å². The van der Waals surface area contributed by atoms with E-state index in [2.05, 4.69) is 5.32 Å². The first-order valence-corrected chi connectivity index (χ1v) is 15.8. The third-order valence-corrected chi connectivity index (χ3v) is 9.16. The molecular formula is C33H43N3O4S. The minimum Gasteiger partial charge on any atom is -0.352 e. The lowest BCUT2D eigenvalue weighted by Gasteiger charge is -2.34. The van der Waals surface area contributed by atoms with Gasteiger partial charge in [-0.05, 0) is 69.4 Å². The highest BCUT2D eigenvalue weighted by Crippen LogP contribution is 2.28. The molecule has 0 unspecified atom stereocenters. The van der Waals surface area contributed by atoms with Crippen molar-refractivity contribution in [1.29, 1.82) is 0 Å². The number of para-hydroxylation sites is 1. The number of hydrogen-bond donors (Lipinski definition) is 1. The summed E-state index contributed by atoms with van der Waals surface area (Å²) in [5.41, 5.74) is 4.14. The summed E-state index contributed by atoms with van der Waals surface area (Å²) in [6.07, 6.45) is 1.73. The quantitative estimate of drug-likeness (QED) is 0.279. The summed E-state index contributed by atoms with van der Waals surface area (Å²) < 4.78 is 29.4. The number of benzene rings is 3. The normalized spacial score (nSPS) is 12.8. The fourth-order valence-electron chi connectivity index (χ4n) is 4.65. The zero-order valence-electron chi connectivity index (χ0n) is 25.1. The van der Waals surface area contributed by atoms with E-state index in [1.54, 1.807) is 36.4 Å². The van der Waals surface area contributed by atoms with E-state index >= 15 is 0 Å². The molecule has 0 spiro atoms. The summed E-state index contributed by atoms with van der Waals surface area (Å²) in [4.78, 5) is 29.3. The van der Waals surface area contributed by atoms with Crippen LogP contribution in [0.5, 0.6) is 0 Å². The minimum atomic E-state index is -4.10. The molecule has 41 heavy (non-hydrogen) atoms. The maximum Gasteiger partial charge on any atom is 0.264 e. The lowest BCUT2D eigenvalue weighted by atomic mass is 10.1. The molecule has 0 saturated heterocycles. The third-order valence-electron chi connectivity index (χ3n) is 7.39. The standard InChI is InChI=1S/C33H43N3O4S/c1-7-26(6)34-33(38)30(9-3)35(22-27-18-14-24(4)15-19-27)32(37)23-36(31-13-11-10-12-28(31)8-2)41(39,40)29-20-16-25(5)17-21-29/h10-21,26,30H,7-9,22-23H2,1-6H3,(H,34,38)/t26-,30+/m1/s1. The van der Waals surface area contributed by atoms with Crippen molar-refractivity contribution in [3.05, 3.63) is 95.1 Å². The van der Waals surface area contributed by atoms with Crippen molar-refractivity contribution >= 4 is 27.5 Å². The molecule has 0 aliphatic carbocycles. The van der Waals surface area contributed by atoms with Gasteiger partial charge in [-0.1, -0.05) is 86.5 Å². The minimum absolute atomic E-state index is 0.0530. The van der Waals surface area contributed by atoms with Crippen LogP contribution in [0.25, 0.3) is 0 Å². The first-order chi connectivity index (χ1) is 19.5. The molecule has 220 valence electrons. The van der Waals surface area contributed by atoms with E-state index in [1.807, 2.05) is 77.9 Å². The number of rotatable bonds is 13. The molecule has 0 aliphatic rings. The summed E-state index contributed by atoms with van der Waals surface area (Å²) in [6, 6.07) is 20.8.